The van der Waals surface area contributed by atoms with E-state index in [1.165, 1.54) is 19.1 Å². The summed E-state index contributed by atoms with van der Waals surface area (Å²) in [6.07, 6.45) is 5.25. The molecule has 1 N–H and O–H groups in total. The Labute approximate surface area is 145 Å². The lowest BCUT2D eigenvalue weighted by Gasteiger charge is -2.32. The molecule has 0 radical (unpaired) electrons. The first-order valence-corrected chi connectivity index (χ1v) is 8.45. The van der Waals surface area contributed by atoms with Crippen LogP contribution in [0, 0.1) is 0 Å². The fraction of sp³-hybridized carbons (Fsp3) is 0.500. The van der Waals surface area contributed by atoms with Crippen molar-refractivity contribution in [2.75, 3.05) is 43.0 Å². The zero-order valence-electron chi connectivity index (χ0n) is 13.8. The average Bonchev–Trinajstić information content (AvgIpc) is 3.36. The highest BCUT2D eigenvalue weighted by Gasteiger charge is 2.27. The van der Waals surface area contributed by atoms with Crippen LogP contribution in [-0.2, 0) is 4.74 Å². The van der Waals surface area contributed by atoms with Crippen molar-refractivity contribution in [2.45, 2.75) is 18.9 Å². The number of hydrogen-bond acceptors (Lipinski definition) is 7. The minimum Gasteiger partial charge on any atom is -0.368 e. The third kappa shape index (κ3) is 3.55. The van der Waals surface area contributed by atoms with Crippen LogP contribution in [0.15, 0.2) is 29.1 Å². The summed E-state index contributed by atoms with van der Waals surface area (Å²) < 4.78 is 10.6. The topological polar surface area (TPSA) is 96.6 Å². The lowest BCUT2D eigenvalue weighted by molar-refractivity contribution is -0.0157. The van der Waals surface area contributed by atoms with Crippen molar-refractivity contribution < 1.29 is 14.1 Å². The van der Waals surface area contributed by atoms with Crippen molar-refractivity contribution in [2.24, 2.45) is 0 Å². The van der Waals surface area contributed by atoms with E-state index >= 15 is 0 Å². The molecule has 1 atom stereocenters. The fourth-order valence-corrected chi connectivity index (χ4v) is 3.09. The molecule has 132 valence electrons. The van der Waals surface area contributed by atoms with Gasteiger partial charge in [-0.2, -0.15) is 0 Å². The summed E-state index contributed by atoms with van der Waals surface area (Å²) in [5.74, 6) is 1.13. The molecule has 2 aliphatic rings. The maximum Gasteiger partial charge on any atom is 0.323 e. The second-order valence-electron chi connectivity index (χ2n) is 6.10. The van der Waals surface area contributed by atoms with E-state index < -0.39 is 0 Å². The van der Waals surface area contributed by atoms with Gasteiger partial charge < -0.3 is 19.1 Å². The Morgan fingerprint density at radius 1 is 1.24 bits per heavy atom. The van der Waals surface area contributed by atoms with Gasteiger partial charge in [0, 0.05) is 31.9 Å². The van der Waals surface area contributed by atoms with Crippen LogP contribution < -0.4 is 10.2 Å². The van der Waals surface area contributed by atoms with Crippen molar-refractivity contribution in [3.8, 4) is 0 Å². The monoisotopic (exact) mass is 344 g/mol. The van der Waals surface area contributed by atoms with Gasteiger partial charge in [-0.05, 0) is 18.9 Å². The van der Waals surface area contributed by atoms with Crippen molar-refractivity contribution in [3.05, 3.63) is 30.3 Å². The van der Waals surface area contributed by atoms with Gasteiger partial charge in [-0.3, -0.25) is 5.32 Å². The number of urea groups is 1. The van der Waals surface area contributed by atoms with Gasteiger partial charge >= 0.3 is 6.03 Å². The van der Waals surface area contributed by atoms with E-state index in [1.54, 1.807) is 17.2 Å². The molecule has 0 aliphatic carbocycles. The quantitative estimate of drug-likeness (QED) is 0.904. The Hall–Kier alpha value is -2.68. The fourth-order valence-electron chi connectivity index (χ4n) is 3.09. The summed E-state index contributed by atoms with van der Waals surface area (Å²) in [5.41, 5.74) is 0.802. The number of rotatable bonds is 3. The molecular weight excluding hydrogens is 324 g/mol. The van der Waals surface area contributed by atoms with Crippen LogP contribution in [-0.4, -0.2) is 58.8 Å². The van der Waals surface area contributed by atoms with E-state index in [1.807, 2.05) is 6.07 Å². The molecule has 1 unspecified atom stereocenters. The highest BCUT2D eigenvalue weighted by molar-refractivity contribution is 5.88. The molecule has 4 rings (SSSR count). The van der Waals surface area contributed by atoms with Crippen LogP contribution in [0.1, 0.15) is 24.6 Å². The number of nitrogens with zero attached hydrogens (tertiary/aromatic N) is 5. The van der Waals surface area contributed by atoms with Crippen LogP contribution >= 0.6 is 0 Å². The number of nitrogens with one attached hydrogen (secondary N) is 1. The molecule has 25 heavy (non-hydrogen) atoms. The summed E-state index contributed by atoms with van der Waals surface area (Å²) in [6, 6.07) is 3.22. The number of anilines is 2. The minimum absolute atomic E-state index is 0.226. The molecular formula is C16H20N6O3. The van der Waals surface area contributed by atoms with Crippen molar-refractivity contribution in [1.82, 2.24) is 20.0 Å². The largest absolute Gasteiger partial charge is 0.368 e. The van der Waals surface area contributed by atoms with Crippen LogP contribution in [0.25, 0.3) is 0 Å². The van der Waals surface area contributed by atoms with Crippen LogP contribution in [0.2, 0.25) is 0 Å². The summed E-state index contributed by atoms with van der Waals surface area (Å²) in [4.78, 5) is 25.3. The first-order chi connectivity index (χ1) is 12.3. The number of ether oxygens (including phenoxy) is 1. The molecule has 2 aromatic rings. The Kier molecular flexibility index (Phi) is 4.47. The maximum atomic E-state index is 12.4. The average molecular weight is 344 g/mol. The highest BCUT2D eigenvalue weighted by atomic mass is 16.5. The number of aromatic nitrogens is 3. The van der Waals surface area contributed by atoms with Gasteiger partial charge in [0.2, 0.25) is 5.95 Å². The third-order valence-corrected chi connectivity index (χ3v) is 4.41. The van der Waals surface area contributed by atoms with Gasteiger partial charge in [0.15, 0.2) is 5.82 Å². The Morgan fingerprint density at radius 3 is 2.92 bits per heavy atom. The molecule has 2 aromatic heterocycles. The molecule has 0 saturated carbocycles. The first-order valence-electron chi connectivity index (χ1n) is 8.45. The molecule has 0 bridgehead atoms. The van der Waals surface area contributed by atoms with Crippen molar-refractivity contribution >= 4 is 17.8 Å². The second kappa shape index (κ2) is 7.06. The van der Waals surface area contributed by atoms with Gasteiger partial charge in [-0.1, -0.05) is 5.16 Å². The number of hydrogen-bond donors (Lipinski definition) is 1. The van der Waals surface area contributed by atoms with Gasteiger partial charge in [0.05, 0.1) is 18.8 Å². The molecule has 9 nitrogen and oxygen atoms in total. The van der Waals surface area contributed by atoms with Gasteiger partial charge in [-0.25, -0.2) is 14.8 Å². The number of morpholine rings is 1. The molecule has 2 saturated heterocycles. The van der Waals surface area contributed by atoms with Crippen molar-refractivity contribution in [1.29, 1.82) is 0 Å². The van der Waals surface area contributed by atoms with Gasteiger partial charge in [-0.15, -0.1) is 0 Å². The molecule has 2 fully saturated rings. The van der Waals surface area contributed by atoms with E-state index in [0.29, 0.717) is 25.5 Å². The van der Waals surface area contributed by atoms with E-state index in [9.17, 15) is 4.79 Å². The molecule has 9 heteroatoms. The maximum absolute atomic E-state index is 12.4. The minimum atomic E-state index is -0.263. The van der Waals surface area contributed by atoms with Crippen LogP contribution in [0.5, 0.6) is 0 Å². The number of carbonyl (C=O) groups excluding carboxylic acids is 1. The SMILES string of the molecule is O=C(Nc1ccon1)N1CCOC(c2ccnc(N3CCCC3)n2)C1. The zero-order chi connectivity index (χ0) is 17.1. The summed E-state index contributed by atoms with van der Waals surface area (Å²) >= 11 is 0. The molecule has 0 spiro atoms. The predicted octanol–water partition coefficient (Wildman–Crippen LogP) is 1.67. The van der Waals surface area contributed by atoms with E-state index in [0.717, 1.165) is 24.7 Å². The lowest BCUT2D eigenvalue weighted by atomic mass is 10.2. The van der Waals surface area contributed by atoms with Gasteiger partial charge in [0.1, 0.15) is 12.4 Å². The van der Waals surface area contributed by atoms with Crippen LogP contribution in [0.4, 0.5) is 16.6 Å². The third-order valence-electron chi connectivity index (χ3n) is 4.41. The Morgan fingerprint density at radius 2 is 2.12 bits per heavy atom. The Bertz CT molecular complexity index is 716. The molecule has 4 heterocycles. The van der Waals surface area contributed by atoms with Crippen LogP contribution in [0.3, 0.4) is 0 Å². The lowest BCUT2D eigenvalue weighted by Crippen LogP contribution is -2.44. The van der Waals surface area contributed by atoms with E-state index in [4.69, 9.17) is 9.26 Å². The summed E-state index contributed by atoms with van der Waals surface area (Å²) in [6.45, 7) is 3.38. The first kappa shape index (κ1) is 15.8. The number of amides is 2. The molecule has 2 amide bonds. The predicted molar refractivity (Wildman–Crippen MR) is 89.3 cm³/mol. The molecule has 2 aliphatic heterocycles. The Balaban J connectivity index is 1.44. The van der Waals surface area contributed by atoms with Gasteiger partial charge in [0.25, 0.3) is 0 Å². The van der Waals surface area contributed by atoms with E-state index in [2.05, 4.69) is 25.3 Å². The number of carbonyl (C=O) groups is 1. The highest BCUT2D eigenvalue weighted by Crippen LogP contribution is 2.23. The normalized spacial score (nSPS) is 20.7. The smallest absolute Gasteiger partial charge is 0.323 e. The zero-order valence-corrected chi connectivity index (χ0v) is 13.8. The summed E-state index contributed by atoms with van der Waals surface area (Å²) in [5, 5.41) is 6.40. The molecule has 0 aromatic carbocycles. The standard InChI is InChI=1S/C16H20N6O3/c23-16(19-14-4-9-25-20-14)22-8-10-24-13(11-22)12-3-5-17-15(18-12)21-6-1-2-7-21/h3-5,9,13H,1-2,6-8,10-11H2,(H,19,20,23). The van der Waals surface area contributed by atoms with E-state index in [-0.39, 0.29) is 12.1 Å². The second-order valence-corrected chi connectivity index (χ2v) is 6.10. The summed E-state index contributed by atoms with van der Waals surface area (Å²) in [7, 11) is 0. The van der Waals surface area contributed by atoms with Crippen molar-refractivity contribution in [3.63, 3.8) is 0 Å².